The number of hydrogen-bond donors (Lipinski definition) is 0. The van der Waals surface area contributed by atoms with E-state index in [1.165, 1.54) is 0 Å². The zero-order valence-electron chi connectivity index (χ0n) is 10.7. The van der Waals surface area contributed by atoms with Gasteiger partial charge in [-0.1, -0.05) is 6.07 Å². The number of rotatable bonds is 4. The summed E-state index contributed by atoms with van der Waals surface area (Å²) in [5.74, 6) is -0.246. The minimum absolute atomic E-state index is 0.199. The molecule has 0 bridgehead atoms. The molecule has 0 saturated carbocycles. The zero-order valence-corrected chi connectivity index (χ0v) is 10.7. The summed E-state index contributed by atoms with van der Waals surface area (Å²) in [7, 11) is 0. The number of halogens is 1. The third-order valence-electron chi connectivity index (χ3n) is 3.12. The lowest BCUT2D eigenvalue weighted by Crippen LogP contribution is -2.07. The molecule has 1 aliphatic heterocycles. The molecule has 1 heterocycles. The van der Waals surface area contributed by atoms with Crippen LogP contribution in [0, 0.1) is 12.7 Å². The first kappa shape index (κ1) is 12.9. The van der Waals surface area contributed by atoms with Crippen molar-refractivity contribution in [2.24, 2.45) is 0 Å². The van der Waals surface area contributed by atoms with Gasteiger partial charge in [0.2, 0.25) is 0 Å². The van der Waals surface area contributed by atoms with Gasteiger partial charge in [0.15, 0.2) is 11.6 Å². The van der Waals surface area contributed by atoms with Crippen LogP contribution in [0.15, 0.2) is 6.07 Å². The summed E-state index contributed by atoms with van der Waals surface area (Å²) in [6.45, 7) is 4.51. The molecule has 0 aromatic heterocycles. The van der Waals surface area contributed by atoms with Crippen LogP contribution >= 0.6 is 0 Å². The highest BCUT2D eigenvalue weighted by molar-refractivity contribution is 5.69. The van der Waals surface area contributed by atoms with Crippen LogP contribution in [0.5, 0.6) is 5.75 Å². The number of aryl methyl sites for hydroxylation is 1. The highest BCUT2D eigenvalue weighted by atomic mass is 19.1. The average Bonchev–Trinajstić information content (AvgIpc) is 2.77. The van der Waals surface area contributed by atoms with Gasteiger partial charge in [-0.15, -0.1) is 0 Å². The van der Waals surface area contributed by atoms with E-state index in [0.29, 0.717) is 30.9 Å². The van der Waals surface area contributed by atoms with Gasteiger partial charge >= 0.3 is 5.97 Å². The lowest BCUT2D eigenvalue weighted by Gasteiger charge is -2.10. The van der Waals surface area contributed by atoms with Gasteiger partial charge in [0.25, 0.3) is 0 Å². The van der Waals surface area contributed by atoms with E-state index in [1.807, 2.05) is 13.0 Å². The van der Waals surface area contributed by atoms with E-state index in [-0.39, 0.29) is 18.2 Å². The second-order valence-electron chi connectivity index (χ2n) is 4.38. The quantitative estimate of drug-likeness (QED) is 0.773. The molecule has 3 nitrogen and oxygen atoms in total. The van der Waals surface area contributed by atoms with E-state index in [1.54, 1.807) is 6.92 Å². The molecular formula is C14H17FO3. The molecule has 2 rings (SSSR count). The van der Waals surface area contributed by atoms with Gasteiger partial charge in [-0.25, -0.2) is 4.39 Å². The Labute approximate surface area is 106 Å². The van der Waals surface area contributed by atoms with Crippen LogP contribution in [-0.2, 0) is 22.4 Å². The minimum Gasteiger partial charge on any atom is -0.490 e. The summed E-state index contributed by atoms with van der Waals surface area (Å²) in [6.07, 6.45) is 1.31. The Morgan fingerprint density at radius 1 is 1.56 bits per heavy atom. The summed E-state index contributed by atoms with van der Waals surface area (Å²) in [4.78, 5) is 11.3. The van der Waals surface area contributed by atoms with Crippen molar-refractivity contribution in [2.45, 2.75) is 33.1 Å². The standard InChI is InChI=1S/C14H17FO3/c1-3-17-12(16)5-4-11-9(2)8-10-6-7-18-14(10)13(11)15/h8H,3-7H2,1-2H3. The summed E-state index contributed by atoms with van der Waals surface area (Å²) in [5.41, 5.74) is 2.36. The Kier molecular flexibility index (Phi) is 3.84. The first-order valence-electron chi connectivity index (χ1n) is 6.22. The lowest BCUT2D eigenvalue weighted by molar-refractivity contribution is -0.143. The van der Waals surface area contributed by atoms with Crippen LogP contribution < -0.4 is 4.74 Å². The van der Waals surface area contributed by atoms with Gasteiger partial charge in [-0.2, -0.15) is 0 Å². The summed E-state index contributed by atoms with van der Waals surface area (Å²) < 4.78 is 24.3. The summed E-state index contributed by atoms with van der Waals surface area (Å²) >= 11 is 0. The van der Waals surface area contributed by atoms with Gasteiger partial charge in [0.05, 0.1) is 13.2 Å². The Bertz CT molecular complexity index is 469. The number of esters is 1. The van der Waals surface area contributed by atoms with Gasteiger partial charge < -0.3 is 9.47 Å². The van der Waals surface area contributed by atoms with Crippen molar-refractivity contribution in [1.29, 1.82) is 0 Å². The molecule has 0 spiro atoms. The number of benzene rings is 1. The normalized spacial score (nSPS) is 13.1. The first-order chi connectivity index (χ1) is 8.63. The second-order valence-corrected chi connectivity index (χ2v) is 4.38. The molecule has 18 heavy (non-hydrogen) atoms. The van der Waals surface area contributed by atoms with E-state index in [4.69, 9.17) is 9.47 Å². The molecule has 0 atom stereocenters. The molecule has 1 aromatic rings. The molecule has 0 fully saturated rings. The molecule has 98 valence electrons. The van der Waals surface area contributed by atoms with Gasteiger partial charge in [0, 0.05) is 18.4 Å². The number of carbonyl (C=O) groups excluding carboxylic acids is 1. The zero-order chi connectivity index (χ0) is 13.1. The predicted molar refractivity (Wildman–Crippen MR) is 65.3 cm³/mol. The van der Waals surface area contributed by atoms with Crippen molar-refractivity contribution in [3.8, 4) is 5.75 Å². The lowest BCUT2D eigenvalue weighted by atomic mass is 9.99. The third kappa shape index (κ3) is 2.47. The van der Waals surface area contributed by atoms with Crippen LogP contribution in [0.2, 0.25) is 0 Å². The average molecular weight is 252 g/mol. The van der Waals surface area contributed by atoms with Crippen LogP contribution in [0.4, 0.5) is 4.39 Å². The molecule has 1 aromatic carbocycles. The number of fused-ring (bicyclic) bond motifs is 1. The monoisotopic (exact) mass is 252 g/mol. The van der Waals surface area contributed by atoms with Gasteiger partial charge in [-0.3, -0.25) is 4.79 Å². The molecule has 0 N–H and O–H groups in total. The maximum absolute atomic E-state index is 14.2. The van der Waals surface area contributed by atoms with Crippen molar-refractivity contribution in [3.05, 3.63) is 28.6 Å². The van der Waals surface area contributed by atoms with Crippen molar-refractivity contribution in [1.82, 2.24) is 0 Å². The predicted octanol–water partition coefficient (Wildman–Crippen LogP) is 2.56. The molecule has 0 radical (unpaired) electrons. The Balaban J connectivity index is 2.16. The molecule has 4 heteroatoms. The van der Waals surface area contributed by atoms with Crippen molar-refractivity contribution in [2.75, 3.05) is 13.2 Å². The van der Waals surface area contributed by atoms with E-state index >= 15 is 0 Å². The third-order valence-corrected chi connectivity index (χ3v) is 3.12. The topological polar surface area (TPSA) is 35.5 Å². The highest BCUT2D eigenvalue weighted by Crippen LogP contribution is 2.33. The van der Waals surface area contributed by atoms with Crippen LogP contribution in [-0.4, -0.2) is 19.2 Å². The molecule has 0 aliphatic carbocycles. The fraction of sp³-hybridized carbons (Fsp3) is 0.500. The fourth-order valence-corrected chi connectivity index (χ4v) is 2.24. The summed E-state index contributed by atoms with van der Waals surface area (Å²) in [6, 6.07) is 1.95. The number of hydrogen-bond acceptors (Lipinski definition) is 3. The molecule has 0 unspecified atom stereocenters. The van der Waals surface area contributed by atoms with Gasteiger partial charge in [-0.05, 0) is 31.4 Å². The van der Waals surface area contributed by atoms with E-state index in [9.17, 15) is 9.18 Å². The summed E-state index contributed by atoms with van der Waals surface area (Å²) in [5, 5.41) is 0. The molecule has 1 aliphatic rings. The Morgan fingerprint density at radius 3 is 3.06 bits per heavy atom. The van der Waals surface area contributed by atoms with E-state index in [0.717, 1.165) is 17.5 Å². The SMILES string of the molecule is CCOC(=O)CCc1c(C)cc2c(c1F)OCC2. The van der Waals surface area contributed by atoms with Crippen LogP contribution in [0.1, 0.15) is 30.0 Å². The van der Waals surface area contributed by atoms with Crippen LogP contribution in [0.3, 0.4) is 0 Å². The Morgan fingerprint density at radius 2 is 2.33 bits per heavy atom. The maximum Gasteiger partial charge on any atom is 0.306 e. The number of ether oxygens (including phenoxy) is 2. The van der Waals surface area contributed by atoms with Crippen molar-refractivity contribution < 1.29 is 18.7 Å². The first-order valence-corrected chi connectivity index (χ1v) is 6.22. The van der Waals surface area contributed by atoms with Crippen molar-refractivity contribution in [3.63, 3.8) is 0 Å². The van der Waals surface area contributed by atoms with Crippen molar-refractivity contribution >= 4 is 5.97 Å². The molecular weight excluding hydrogens is 235 g/mol. The van der Waals surface area contributed by atoms with E-state index < -0.39 is 0 Å². The largest absolute Gasteiger partial charge is 0.490 e. The fourth-order valence-electron chi connectivity index (χ4n) is 2.24. The molecule has 0 saturated heterocycles. The molecule has 0 amide bonds. The number of carbonyl (C=O) groups is 1. The van der Waals surface area contributed by atoms with Crippen LogP contribution in [0.25, 0.3) is 0 Å². The van der Waals surface area contributed by atoms with Gasteiger partial charge in [0.1, 0.15) is 0 Å². The Hall–Kier alpha value is -1.58. The smallest absolute Gasteiger partial charge is 0.306 e. The highest BCUT2D eigenvalue weighted by Gasteiger charge is 2.22. The maximum atomic E-state index is 14.2. The van der Waals surface area contributed by atoms with E-state index in [2.05, 4.69) is 0 Å². The minimum atomic E-state index is -0.313. The second kappa shape index (κ2) is 5.38.